The molecule has 0 heterocycles. The van der Waals surface area contributed by atoms with E-state index in [1.54, 1.807) is 0 Å². The van der Waals surface area contributed by atoms with Crippen molar-refractivity contribution in [2.75, 3.05) is 7.05 Å². The quantitative estimate of drug-likeness (QED) is 0.590. The van der Waals surface area contributed by atoms with Gasteiger partial charge in [0, 0.05) is 6.04 Å². The number of hydrogen-bond donors (Lipinski definition) is 1. The summed E-state index contributed by atoms with van der Waals surface area (Å²) in [6.07, 6.45) is 14.5. The van der Waals surface area contributed by atoms with Crippen molar-refractivity contribution in [3.63, 3.8) is 0 Å². The van der Waals surface area contributed by atoms with Crippen molar-refractivity contribution in [2.24, 2.45) is 17.8 Å². The SMILES string of the molecule is CCCC(CCCC(C)NC)CC1CCCCC1C. The summed E-state index contributed by atoms with van der Waals surface area (Å²) in [5, 5.41) is 3.36. The third-order valence-corrected chi connectivity index (χ3v) is 5.36. The summed E-state index contributed by atoms with van der Waals surface area (Å²) in [7, 11) is 2.08. The monoisotopic (exact) mass is 267 g/mol. The molecule has 0 saturated heterocycles. The van der Waals surface area contributed by atoms with Gasteiger partial charge in [-0.15, -0.1) is 0 Å². The summed E-state index contributed by atoms with van der Waals surface area (Å²) in [5.74, 6) is 3.02. The minimum absolute atomic E-state index is 0.691. The molecular weight excluding hydrogens is 230 g/mol. The highest BCUT2D eigenvalue weighted by Gasteiger charge is 2.24. The summed E-state index contributed by atoms with van der Waals surface area (Å²) in [4.78, 5) is 0. The topological polar surface area (TPSA) is 12.0 Å². The summed E-state index contributed by atoms with van der Waals surface area (Å²) >= 11 is 0. The summed E-state index contributed by atoms with van der Waals surface area (Å²) in [5.41, 5.74) is 0. The lowest BCUT2D eigenvalue weighted by atomic mass is 9.74. The minimum Gasteiger partial charge on any atom is -0.317 e. The first kappa shape index (κ1) is 17.0. The molecule has 1 heteroatoms. The molecule has 0 amide bonds. The average molecular weight is 268 g/mol. The molecule has 0 spiro atoms. The highest BCUT2D eigenvalue weighted by molar-refractivity contribution is 4.75. The van der Waals surface area contributed by atoms with Gasteiger partial charge in [0.25, 0.3) is 0 Å². The van der Waals surface area contributed by atoms with Crippen molar-refractivity contribution in [2.45, 2.75) is 91.0 Å². The lowest BCUT2D eigenvalue weighted by Gasteiger charge is -2.32. The van der Waals surface area contributed by atoms with Crippen LogP contribution < -0.4 is 5.32 Å². The molecule has 19 heavy (non-hydrogen) atoms. The zero-order valence-corrected chi connectivity index (χ0v) is 13.9. The Bertz CT molecular complexity index is 214. The van der Waals surface area contributed by atoms with Gasteiger partial charge in [0.15, 0.2) is 0 Å². The van der Waals surface area contributed by atoms with Crippen LogP contribution >= 0.6 is 0 Å². The Labute approximate surface area is 121 Å². The number of rotatable bonds is 9. The van der Waals surface area contributed by atoms with Gasteiger partial charge in [0.1, 0.15) is 0 Å². The Morgan fingerprint density at radius 1 is 1.11 bits per heavy atom. The zero-order valence-electron chi connectivity index (χ0n) is 13.9. The molecule has 0 radical (unpaired) electrons. The molecule has 0 bridgehead atoms. The van der Waals surface area contributed by atoms with E-state index in [0.29, 0.717) is 6.04 Å². The highest BCUT2D eigenvalue weighted by atomic mass is 14.8. The second-order valence-electron chi connectivity index (χ2n) is 7.03. The predicted octanol–water partition coefficient (Wildman–Crippen LogP) is 5.40. The molecule has 0 aromatic carbocycles. The first-order valence-electron chi connectivity index (χ1n) is 8.84. The second-order valence-corrected chi connectivity index (χ2v) is 7.03. The fourth-order valence-electron chi connectivity index (χ4n) is 3.82. The van der Waals surface area contributed by atoms with Crippen LogP contribution in [0, 0.1) is 17.8 Å². The lowest BCUT2D eigenvalue weighted by Crippen LogP contribution is -2.22. The van der Waals surface area contributed by atoms with Crippen LogP contribution in [0.15, 0.2) is 0 Å². The van der Waals surface area contributed by atoms with Crippen LogP contribution in [0.5, 0.6) is 0 Å². The van der Waals surface area contributed by atoms with Gasteiger partial charge in [-0.3, -0.25) is 0 Å². The highest BCUT2D eigenvalue weighted by Crippen LogP contribution is 2.36. The van der Waals surface area contributed by atoms with Gasteiger partial charge >= 0.3 is 0 Å². The number of nitrogens with one attached hydrogen (secondary N) is 1. The number of hydrogen-bond acceptors (Lipinski definition) is 1. The van der Waals surface area contributed by atoms with Crippen molar-refractivity contribution in [1.82, 2.24) is 5.32 Å². The average Bonchev–Trinajstić information content (AvgIpc) is 2.41. The van der Waals surface area contributed by atoms with Crippen LogP contribution in [0.4, 0.5) is 0 Å². The Morgan fingerprint density at radius 2 is 1.84 bits per heavy atom. The molecular formula is C18H37N. The van der Waals surface area contributed by atoms with E-state index in [0.717, 1.165) is 17.8 Å². The van der Waals surface area contributed by atoms with Crippen LogP contribution in [-0.2, 0) is 0 Å². The van der Waals surface area contributed by atoms with Crippen LogP contribution in [0.1, 0.15) is 85.0 Å². The fraction of sp³-hybridized carbons (Fsp3) is 1.00. The third-order valence-electron chi connectivity index (χ3n) is 5.36. The van der Waals surface area contributed by atoms with Crippen LogP contribution in [0.3, 0.4) is 0 Å². The van der Waals surface area contributed by atoms with E-state index in [1.165, 1.54) is 64.2 Å². The molecule has 114 valence electrons. The molecule has 1 rings (SSSR count). The Balaban J connectivity index is 2.30. The van der Waals surface area contributed by atoms with Crippen molar-refractivity contribution >= 4 is 0 Å². The van der Waals surface area contributed by atoms with Gasteiger partial charge in [0.05, 0.1) is 0 Å². The van der Waals surface area contributed by atoms with E-state index in [4.69, 9.17) is 0 Å². The first-order valence-corrected chi connectivity index (χ1v) is 8.84. The van der Waals surface area contributed by atoms with Gasteiger partial charge in [-0.05, 0) is 44.6 Å². The molecule has 1 fully saturated rings. The standard InChI is InChI=1S/C18H37N/c1-5-9-17(12-8-11-16(3)19-4)14-18-13-7-6-10-15(18)2/h15-19H,5-14H2,1-4H3. The van der Waals surface area contributed by atoms with E-state index in [9.17, 15) is 0 Å². The Kier molecular flexibility index (Phi) is 8.77. The van der Waals surface area contributed by atoms with Crippen molar-refractivity contribution in [3.05, 3.63) is 0 Å². The van der Waals surface area contributed by atoms with Crippen LogP contribution in [-0.4, -0.2) is 13.1 Å². The largest absolute Gasteiger partial charge is 0.317 e. The molecule has 0 aliphatic heterocycles. The molecule has 1 aliphatic rings. The Hall–Kier alpha value is -0.0400. The van der Waals surface area contributed by atoms with Crippen molar-refractivity contribution in [3.8, 4) is 0 Å². The van der Waals surface area contributed by atoms with Gasteiger partial charge < -0.3 is 5.32 Å². The predicted molar refractivity (Wildman–Crippen MR) is 86.5 cm³/mol. The molecule has 4 unspecified atom stereocenters. The zero-order chi connectivity index (χ0) is 14.1. The van der Waals surface area contributed by atoms with Crippen LogP contribution in [0.2, 0.25) is 0 Å². The van der Waals surface area contributed by atoms with Gasteiger partial charge in [0.2, 0.25) is 0 Å². The van der Waals surface area contributed by atoms with E-state index >= 15 is 0 Å². The van der Waals surface area contributed by atoms with E-state index in [-0.39, 0.29) is 0 Å². The molecule has 0 aromatic heterocycles. The fourth-order valence-corrected chi connectivity index (χ4v) is 3.82. The van der Waals surface area contributed by atoms with Crippen molar-refractivity contribution in [1.29, 1.82) is 0 Å². The first-order chi connectivity index (χ1) is 9.17. The normalized spacial score (nSPS) is 27.2. The second kappa shape index (κ2) is 9.80. The minimum atomic E-state index is 0.691. The van der Waals surface area contributed by atoms with E-state index in [2.05, 4.69) is 33.1 Å². The third kappa shape index (κ3) is 6.79. The molecule has 4 atom stereocenters. The van der Waals surface area contributed by atoms with Gasteiger partial charge in [-0.2, -0.15) is 0 Å². The molecule has 1 N–H and O–H groups in total. The summed E-state index contributed by atoms with van der Waals surface area (Å²) < 4.78 is 0. The summed E-state index contributed by atoms with van der Waals surface area (Å²) in [6, 6.07) is 0.691. The maximum absolute atomic E-state index is 3.36. The van der Waals surface area contributed by atoms with E-state index in [1.807, 2.05) is 0 Å². The summed E-state index contributed by atoms with van der Waals surface area (Å²) in [6.45, 7) is 7.15. The molecule has 1 aliphatic carbocycles. The van der Waals surface area contributed by atoms with E-state index < -0.39 is 0 Å². The van der Waals surface area contributed by atoms with Gasteiger partial charge in [-0.25, -0.2) is 0 Å². The smallest absolute Gasteiger partial charge is 0.00357 e. The maximum atomic E-state index is 3.36. The molecule has 1 saturated carbocycles. The Morgan fingerprint density at radius 3 is 2.47 bits per heavy atom. The molecule has 0 aromatic rings. The molecule has 1 nitrogen and oxygen atoms in total. The van der Waals surface area contributed by atoms with Gasteiger partial charge in [-0.1, -0.05) is 65.2 Å². The van der Waals surface area contributed by atoms with Crippen molar-refractivity contribution < 1.29 is 0 Å². The lowest BCUT2D eigenvalue weighted by molar-refractivity contribution is 0.198. The van der Waals surface area contributed by atoms with Crippen LogP contribution in [0.25, 0.3) is 0 Å². The maximum Gasteiger partial charge on any atom is 0.00357 e.